The lowest BCUT2D eigenvalue weighted by atomic mass is 10.1. The van der Waals surface area contributed by atoms with Crippen molar-refractivity contribution < 1.29 is 9.53 Å². The molecular formula is C15H22N2O2. The van der Waals surface area contributed by atoms with Crippen molar-refractivity contribution in [2.75, 3.05) is 12.3 Å². The summed E-state index contributed by atoms with van der Waals surface area (Å²) in [5.74, 6) is 1.37. The Balaban J connectivity index is 1.95. The molecule has 1 aromatic carbocycles. The Morgan fingerprint density at radius 3 is 2.84 bits per heavy atom. The van der Waals surface area contributed by atoms with E-state index in [0.29, 0.717) is 23.6 Å². The first-order valence-corrected chi connectivity index (χ1v) is 6.93. The van der Waals surface area contributed by atoms with Crippen LogP contribution in [0.2, 0.25) is 0 Å². The average molecular weight is 262 g/mol. The zero-order valence-electron chi connectivity index (χ0n) is 11.6. The first kappa shape index (κ1) is 13.7. The van der Waals surface area contributed by atoms with Crippen molar-refractivity contribution in [2.45, 2.75) is 39.2 Å². The highest BCUT2D eigenvalue weighted by Crippen LogP contribution is 2.33. The summed E-state index contributed by atoms with van der Waals surface area (Å²) in [6, 6.07) is 5.39. The van der Waals surface area contributed by atoms with Gasteiger partial charge in [-0.3, -0.25) is 4.79 Å². The summed E-state index contributed by atoms with van der Waals surface area (Å²) >= 11 is 0. The van der Waals surface area contributed by atoms with E-state index in [1.54, 1.807) is 18.2 Å². The van der Waals surface area contributed by atoms with Crippen LogP contribution < -0.4 is 15.8 Å². The van der Waals surface area contributed by atoms with E-state index in [9.17, 15) is 4.79 Å². The highest BCUT2D eigenvalue weighted by atomic mass is 16.5. The lowest BCUT2D eigenvalue weighted by Crippen LogP contribution is -2.32. The first-order valence-electron chi connectivity index (χ1n) is 6.93. The van der Waals surface area contributed by atoms with Gasteiger partial charge in [0.05, 0.1) is 12.3 Å². The number of hydrogen-bond acceptors (Lipinski definition) is 3. The molecule has 4 nitrogen and oxygen atoms in total. The van der Waals surface area contributed by atoms with Crippen LogP contribution in [0.3, 0.4) is 0 Å². The van der Waals surface area contributed by atoms with Crippen LogP contribution in [0.1, 0.15) is 43.5 Å². The molecule has 1 unspecified atom stereocenters. The summed E-state index contributed by atoms with van der Waals surface area (Å²) in [4.78, 5) is 12.1. The molecule has 1 aliphatic rings. The van der Waals surface area contributed by atoms with Crippen LogP contribution in [0.4, 0.5) is 5.69 Å². The summed E-state index contributed by atoms with van der Waals surface area (Å²) in [5, 5.41) is 3.01. The number of carbonyl (C=O) groups is 1. The molecule has 0 bridgehead atoms. The molecule has 0 aromatic heterocycles. The maximum atomic E-state index is 12.1. The Kier molecular flexibility index (Phi) is 4.30. The van der Waals surface area contributed by atoms with Gasteiger partial charge in [-0.15, -0.1) is 0 Å². The predicted molar refractivity (Wildman–Crippen MR) is 76.3 cm³/mol. The summed E-state index contributed by atoms with van der Waals surface area (Å²) in [7, 11) is 0. The monoisotopic (exact) mass is 262 g/mol. The predicted octanol–water partition coefficient (Wildman–Crippen LogP) is 2.59. The Morgan fingerprint density at radius 2 is 2.26 bits per heavy atom. The van der Waals surface area contributed by atoms with E-state index in [1.807, 2.05) is 13.8 Å². The number of carbonyl (C=O) groups excluding carboxylic acids is 1. The highest BCUT2D eigenvalue weighted by molar-refractivity contribution is 5.95. The van der Waals surface area contributed by atoms with Gasteiger partial charge in [0.25, 0.3) is 5.91 Å². The number of benzene rings is 1. The molecule has 1 fully saturated rings. The molecule has 0 saturated heterocycles. The van der Waals surface area contributed by atoms with Crippen LogP contribution in [0.25, 0.3) is 0 Å². The number of amides is 1. The Hall–Kier alpha value is -1.71. The van der Waals surface area contributed by atoms with E-state index in [-0.39, 0.29) is 11.9 Å². The standard InChI is InChI=1S/C15H22N2O2/c1-3-19-14-7-6-12(9-13(14)16)15(18)17-10(2)8-11-4-5-11/h6-7,9-11H,3-5,8,16H2,1-2H3,(H,17,18). The van der Waals surface area contributed by atoms with Crippen molar-refractivity contribution in [2.24, 2.45) is 5.92 Å². The zero-order chi connectivity index (χ0) is 13.8. The molecule has 104 valence electrons. The lowest BCUT2D eigenvalue weighted by Gasteiger charge is -2.14. The van der Waals surface area contributed by atoms with E-state index >= 15 is 0 Å². The number of hydrogen-bond donors (Lipinski definition) is 2. The Morgan fingerprint density at radius 1 is 1.53 bits per heavy atom. The molecule has 2 rings (SSSR count). The van der Waals surface area contributed by atoms with E-state index in [0.717, 1.165) is 12.3 Å². The molecule has 1 aliphatic carbocycles. The summed E-state index contributed by atoms with van der Waals surface area (Å²) in [5.41, 5.74) is 6.95. The number of ether oxygens (including phenoxy) is 1. The van der Waals surface area contributed by atoms with Crippen LogP contribution >= 0.6 is 0 Å². The third-order valence-electron chi connectivity index (χ3n) is 3.33. The lowest BCUT2D eigenvalue weighted by molar-refractivity contribution is 0.0937. The van der Waals surface area contributed by atoms with Gasteiger partial charge in [0, 0.05) is 11.6 Å². The third kappa shape index (κ3) is 3.88. The molecule has 1 aromatic rings. The van der Waals surface area contributed by atoms with Gasteiger partial charge in [-0.05, 0) is 44.4 Å². The minimum atomic E-state index is -0.0668. The van der Waals surface area contributed by atoms with E-state index < -0.39 is 0 Å². The second-order valence-electron chi connectivity index (χ2n) is 5.24. The number of nitrogens with two attached hydrogens (primary N) is 1. The topological polar surface area (TPSA) is 64.3 Å². The van der Waals surface area contributed by atoms with Gasteiger partial charge in [0.15, 0.2) is 0 Å². The van der Waals surface area contributed by atoms with Crippen LogP contribution in [0, 0.1) is 5.92 Å². The maximum Gasteiger partial charge on any atom is 0.251 e. The second-order valence-corrected chi connectivity index (χ2v) is 5.24. The highest BCUT2D eigenvalue weighted by Gasteiger charge is 2.24. The smallest absolute Gasteiger partial charge is 0.251 e. The van der Waals surface area contributed by atoms with Crippen molar-refractivity contribution in [3.63, 3.8) is 0 Å². The minimum Gasteiger partial charge on any atom is -0.492 e. The molecule has 1 saturated carbocycles. The Bertz CT molecular complexity index is 455. The summed E-state index contributed by atoms with van der Waals surface area (Å²) in [6.07, 6.45) is 3.67. The van der Waals surface area contributed by atoms with Crippen LogP contribution in [-0.4, -0.2) is 18.6 Å². The SMILES string of the molecule is CCOc1ccc(C(=O)NC(C)CC2CC2)cc1N. The third-order valence-corrected chi connectivity index (χ3v) is 3.33. The van der Waals surface area contributed by atoms with Crippen LogP contribution in [0.15, 0.2) is 18.2 Å². The van der Waals surface area contributed by atoms with Crippen LogP contribution in [-0.2, 0) is 0 Å². The molecule has 0 radical (unpaired) electrons. The molecule has 0 spiro atoms. The number of nitrogens with one attached hydrogen (secondary N) is 1. The minimum absolute atomic E-state index is 0.0668. The Labute approximate surface area is 114 Å². The number of nitrogen functional groups attached to an aromatic ring is 1. The summed E-state index contributed by atoms with van der Waals surface area (Å²) in [6.45, 7) is 4.52. The zero-order valence-corrected chi connectivity index (χ0v) is 11.6. The van der Waals surface area contributed by atoms with Gasteiger partial charge >= 0.3 is 0 Å². The van der Waals surface area contributed by atoms with Gasteiger partial charge < -0.3 is 15.8 Å². The number of anilines is 1. The largest absolute Gasteiger partial charge is 0.492 e. The molecule has 0 heterocycles. The van der Waals surface area contributed by atoms with Crippen molar-refractivity contribution in [1.82, 2.24) is 5.32 Å². The molecule has 3 N–H and O–H groups in total. The van der Waals surface area contributed by atoms with E-state index in [1.165, 1.54) is 12.8 Å². The van der Waals surface area contributed by atoms with Crippen molar-refractivity contribution in [3.8, 4) is 5.75 Å². The van der Waals surface area contributed by atoms with Gasteiger partial charge in [0.1, 0.15) is 5.75 Å². The van der Waals surface area contributed by atoms with Crippen molar-refractivity contribution >= 4 is 11.6 Å². The molecule has 19 heavy (non-hydrogen) atoms. The number of rotatable bonds is 6. The van der Waals surface area contributed by atoms with Gasteiger partial charge in [-0.2, -0.15) is 0 Å². The molecule has 4 heteroatoms. The van der Waals surface area contributed by atoms with E-state index in [4.69, 9.17) is 10.5 Å². The van der Waals surface area contributed by atoms with Gasteiger partial charge in [-0.1, -0.05) is 12.8 Å². The van der Waals surface area contributed by atoms with Crippen LogP contribution in [0.5, 0.6) is 5.75 Å². The summed E-state index contributed by atoms with van der Waals surface area (Å²) < 4.78 is 5.36. The maximum absolute atomic E-state index is 12.1. The van der Waals surface area contributed by atoms with Gasteiger partial charge in [-0.25, -0.2) is 0 Å². The van der Waals surface area contributed by atoms with Gasteiger partial charge in [0.2, 0.25) is 0 Å². The first-order chi connectivity index (χ1) is 9.10. The average Bonchev–Trinajstić information content (AvgIpc) is 3.15. The fraction of sp³-hybridized carbons (Fsp3) is 0.533. The van der Waals surface area contributed by atoms with Crippen molar-refractivity contribution in [3.05, 3.63) is 23.8 Å². The quantitative estimate of drug-likeness (QED) is 0.774. The second kappa shape index (κ2) is 5.95. The van der Waals surface area contributed by atoms with E-state index in [2.05, 4.69) is 5.32 Å². The molecular weight excluding hydrogens is 240 g/mol. The fourth-order valence-electron chi connectivity index (χ4n) is 2.20. The molecule has 1 atom stereocenters. The normalized spacial score (nSPS) is 15.9. The molecule has 0 aliphatic heterocycles. The molecule has 1 amide bonds. The fourth-order valence-corrected chi connectivity index (χ4v) is 2.20. The van der Waals surface area contributed by atoms with Crippen molar-refractivity contribution in [1.29, 1.82) is 0 Å².